The zero-order valence-corrected chi connectivity index (χ0v) is 19.2. The van der Waals surface area contributed by atoms with Crippen molar-refractivity contribution >= 4 is 23.3 Å². The van der Waals surface area contributed by atoms with Crippen LogP contribution in [0.5, 0.6) is 0 Å². The summed E-state index contributed by atoms with van der Waals surface area (Å²) in [7, 11) is 0. The van der Waals surface area contributed by atoms with Gasteiger partial charge in [-0.1, -0.05) is 30.7 Å². The van der Waals surface area contributed by atoms with E-state index in [1.54, 1.807) is 4.90 Å². The molecule has 0 radical (unpaired) electrons. The highest BCUT2D eigenvalue weighted by atomic mass is 16.2. The van der Waals surface area contributed by atoms with Gasteiger partial charge in [-0.25, -0.2) is 4.98 Å². The van der Waals surface area contributed by atoms with Crippen LogP contribution in [0.3, 0.4) is 0 Å². The summed E-state index contributed by atoms with van der Waals surface area (Å²) >= 11 is 0. The Morgan fingerprint density at radius 2 is 1.67 bits per heavy atom. The molecule has 33 heavy (non-hydrogen) atoms. The van der Waals surface area contributed by atoms with Crippen LogP contribution in [0, 0.1) is 0 Å². The number of hydrogen-bond donors (Lipinski definition) is 0. The molecule has 0 unspecified atom stereocenters. The number of anilines is 2. The Labute approximate surface area is 196 Å². The Balaban J connectivity index is 1.10. The monoisotopic (exact) mass is 447 g/mol. The fraction of sp³-hybridized carbons (Fsp3) is 0.500. The van der Waals surface area contributed by atoms with Gasteiger partial charge in [0.15, 0.2) is 0 Å². The molecular weight excluding hydrogens is 414 g/mol. The second kappa shape index (κ2) is 9.91. The molecule has 1 aromatic heterocycles. The van der Waals surface area contributed by atoms with Gasteiger partial charge in [0, 0.05) is 57.6 Å². The lowest BCUT2D eigenvalue weighted by Gasteiger charge is -2.35. The standard InChI is InChI=1S/C26H33N5O2/c32-25-12-11-23-26(33)30(22-9-3-2-8-21(22)20-31(23)25)15-7-1-6-14-28-16-18-29(19-17-28)24-10-4-5-13-27-24/h2-5,8-10,13,23H,1,6-7,11-12,14-20H2/t23-/m0/s1. The van der Waals surface area contributed by atoms with E-state index < -0.39 is 0 Å². The normalized spacial score (nSPS) is 21.2. The second-order valence-corrected chi connectivity index (χ2v) is 9.27. The minimum atomic E-state index is -0.291. The quantitative estimate of drug-likeness (QED) is 0.611. The van der Waals surface area contributed by atoms with Gasteiger partial charge < -0.3 is 14.7 Å². The Kier molecular flexibility index (Phi) is 6.58. The Morgan fingerprint density at radius 3 is 2.48 bits per heavy atom. The van der Waals surface area contributed by atoms with Crippen LogP contribution < -0.4 is 9.80 Å². The molecule has 2 aromatic rings. The molecule has 3 aliphatic heterocycles. The Morgan fingerprint density at radius 1 is 0.879 bits per heavy atom. The van der Waals surface area contributed by atoms with Gasteiger partial charge in [-0.05, 0) is 49.6 Å². The average Bonchev–Trinajstić information content (AvgIpc) is 3.17. The largest absolute Gasteiger partial charge is 0.354 e. The van der Waals surface area contributed by atoms with Crippen LogP contribution in [0.1, 0.15) is 37.7 Å². The fourth-order valence-corrected chi connectivity index (χ4v) is 5.33. The van der Waals surface area contributed by atoms with Gasteiger partial charge >= 0.3 is 0 Å². The number of piperazine rings is 1. The van der Waals surface area contributed by atoms with Gasteiger partial charge in [0.05, 0.1) is 0 Å². The van der Waals surface area contributed by atoms with Crippen molar-refractivity contribution < 1.29 is 9.59 Å². The fourth-order valence-electron chi connectivity index (χ4n) is 5.33. The molecule has 2 amide bonds. The van der Waals surface area contributed by atoms with Gasteiger partial charge in [-0.3, -0.25) is 14.5 Å². The number of benzene rings is 1. The zero-order chi connectivity index (χ0) is 22.6. The summed E-state index contributed by atoms with van der Waals surface area (Å²) in [5.74, 6) is 1.27. The third-order valence-electron chi connectivity index (χ3n) is 7.20. The maximum absolute atomic E-state index is 13.3. The van der Waals surface area contributed by atoms with Crippen LogP contribution in [0.15, 0.2) is 48.7 Å². The number of fused-ring (bicyclic) bond motifs is 2. The van der Waals surface area contributed by atoms with Crippen molar-refractivity contribution in [2.24, 2.45) is 0 Å². The van der Waals surface area contributed by atoms with Gasteiger partial charge in [0.2, 0.25) is 11.8 Å². The van der Waals surface area contributed by atoms with E-state index in [2.05, 4.69) is 20.9 Å². The molecule has 2 fully saturated rings. The molecule has 0 saturated carbocycles. The first-order valence-corrected chi connectivity index (χ1v) is 12.3. The molecule has 5 rings (SSSR count). The Bertz CT molecular complexity index is 974. The molecule has 1 atom stereocenters. The summed E-state index contributed by atoms with van der Waals surface area (Å²) in [6.45, 7) is 6.55. The van der Waals surface area contributed by atoms with Crippen molar-refractivity contribution in [3.8, 4) is 0 Å². The van der Waals surface area contributed by atoms with E-state index in [1.807, 2.05) is 47.5 Å². The SMILES string of the molecule is O=C1[C@@H]2CCC(=O)N2Cc2ccccc2N1CCCCCN1CCN(c2ccccn2)CC1. The number of hydrogen-bond acceptors (Lipinski definition) is 5. The first-order chi connectivity index (χ1) is 16.2. The predicted molar refractivity (Wildman–Crippen MR) is 129 cm³/mol. The lowest BCUT2D eigenvalue weighted by molar-refractivity contribution is -0.134. The summed E-state index contributed by atoms with van der Waals surface area (Å²) in [4.78, 5) is 38.7. The first kappa shape index (κ1) is 21.9. The van der Waals surface area contributed by atoms with Crippen LogP contribution in [0.2, 0.25) is 0 Å². The van der Waals surface area contributed by atoms with E-state index in [0.717, 1.165) is 75.6 Å². The maximum atomic E-state index is 13.3. The van der Waals surface area contributed by atoms with Crippen LogP contribution in [0.25, 0.3) is 0 Å². The molecule has 3 aliphatic rings. The molecule has 174 valence electrons. The Hall–Kier alpha value is -2.93. The van der Waals surface area contributed by atoms with Crippen LogP contribution in [0.4, 0.5) is 11.5 Å². The van der Waals surface area contributed by atoms with E-state index in [1.165, 1.54) is 0 Å². The van der Waals surface area contributed by atoms with E-state index in [-0.39, 0.29) is 17.9 Å². The van der Waals surface area contributed by atoms with Crippen LogP contribution >= 0.6 is 0 Å². The number of carbonyl (C=O) groups excluding carboxylic acids is 2. The highest BCUT2D eigenvalue weighted by Crippen LogP contribution is 2.33. The highest BCUT2D eigenvalue weighted by molar-refractivity contribution is 6.02. The van der Waals surface area contributed by atoms with Crippen LogP contribution in [-0.2, 0) is 16.1 Å². The van der Waals surface area contributed by atoms with Crippen molar-refractivity contribution in [3.63, 3.8) is 0 Å². The van der Waals surface area contributed by atoms with E-state index in [0.29, 0.717) is 19.4 Å². The molecule has 0 aliphatic carbocycles. The van der Waals surface area contributed by atoms with Crippen molar-refractivity contribution in [2.75, 3.05) is 49.1 Å². The second-order valence-electron chi connectivity index (χ2n) is 9.27. The minimum absolute atomic E-state index is 0.0939. The van der Waals surface area contributed by atoms with Crippen molar-refractivity contribution in [3.05, 3.63) is 54.2 Å². The first-order valence-electron chi connectivity index (χ1n) is 12.3. The van der Waals surface area contributed by atoms with Crippen molar-refractivity contribution in [1.29, 1.82) is 0 Å². The lowest BCUT2D eigenvalue weighted by Crippen LogP contribution is -2.47. The summed E-state index contributed by atoms with van der Waals surface area (Å²) in [6, 6.07) is 13.9. The number of aromatic nitrogens is 1. The van der Waals surface area contributed by atoms with E-state index in [4.69, 9.17) is 0 Å². The zero-order valence-electron chi connectivity index (χ0n) is 19.2. The lowest BCUT2D eigenvalue weighted by atomic mass is 10.1. The number of carbonyl (C=O) groups is 2. The molecule has 0 N–H and O–H groups in total. The molecule has 0 spiro atoms. The molecule has 4 heterocycles. The molecular formula is C26H33N5O2. The number of nitrogens with zero attached hydrogens (tertiary/aromatic N) is 5. The number of para-hydroxylation sites is 1. The average molecular weight is 448 g/mol. The summed E-state index contributed by atoms with van der Waals surface area (Å²) in [6.07, 6.45) is 6.21. The maximum Gasteiger partial charge on any atom is 0.249 e. The van der Waals surface area contributed by atoms with Crippen molar-refractivity contribution in [2.45, 2.75) is 44.7 Å². The topological polar surface area (TPSA) is 60.0 Å². The van der Waals surface area contributed by atoms with Crippen LogP contribution in [-0.4, -0.2) is 71.9 Å². The van der Waals surface area contributed by atoms with Gasteiger partial charge in [-0.2, -0.15) is 0 Å². The van der Waals surface area contributed by atoms with Gasteiger partial charge in [0.25, 0.3) is 0 Å². The molecule has 1 aromatic carbocycles. The number of pyridine rings is 1. The smallest absolute Gasteiger partial charge is 0.249 e. The number of unbranched alkanes of at least 4 members (excludes halogenated alkanes) is 2. The third kappa shape index (κ3) is 4.74. The summed E-state index contributed by atoms with van der Waals surface area (Å²) in [5, 5.41) is 0. The molecule has 7 nitrogen and oxygen atoms in total. The minimum Gasteiger partial charge on any atom is -0.354 e. The molecule has 2 saturated heterocycles. The highest BCUT2D eigenvalue weighted by Gasteiger charge is 2.41. The van der Waals surface area contributed by atoms with Crippen molar-refractivity contribution in [1.82, 2.24) is 14.8 Å². The number of amides is 2. The third-order valence-corrected chi connectivity index (χ3v) is 7.20. The summed E-state index contributed by atoms with van der Waals surface area (Å²) < 4.78 is 0. The number of rotatable bonds is 7. The molecule has 0 bridgehead atoms. The van der Waals surface area contributed by atoms with E-state index in [9.17, 15) is 9.59 Å². The van der Waals surface area contributed by atoms with E-state index >= 15 is 0 Å². The summed E-state index contributed by atoms with van der Waals surface area (Å²) in [5.41, 5.74) is 2.06. The molecule has 7 heteroatoms. The van der Waals surface area contributed by atoms with Gasteiger partial charge in [-0.15, -0.1) is 0 Å². The predicted octanol–water partition coefficient (Wildman–Crippen LogP) is 2.91. The van der Waals surface area contributed by atoms with Gasteiger partial charge in [0.1, 0.15) is 11.9 Å².